The fraction of sp³-hybridized carbons (Fsp3) is 0.364. The molecule has 0 aliphatic carbocycles. The number of hydrogen-bond acceptors (Lipinski definition) is 6. The molecule has 0 unspecified atom stereocenters. The van der Waals surface area contributed by atoms with Crippen molar-refractivity contribution in [2.75, 3.05) is 12.3 Å². The normalized spacial score (nSPS) is 13.6. The highest BCUT2D eigenvalue weighted by atomic mass is 19.4. The number of rotatable bonds is 5. The number of anilines is 1. The largest absolute Gasteiger partial charge is 0.417 e. The number of nitrogens with two attached hydrogens (primary N) is 1. The van der Waals surface area contributed by atoms with Crippen molar-refractivity contribution in [1.29, 1.82) is 0 Å². The number of amides is 1. The van der Waals surface area contributed by atoms with Crippen molar-refractivity contribution < 1.29 is 22.7 Å². The van der Waals surface area contributed by atoms with Crippen LogP contribution < -0.4 is 5.73 Å². The van der Waals surface area contributed by atoms with Gasteiger partial charge >= 0.3 is 6.18 Å². The number of alkyl halides is 3. The predicted octanol–water partition coefficient (Wildman–Crippen LogP) is 3.95. The maximum atomic E-state index is 13.3. The summed E-state index contributed by atoms with van der Waals surface area (Å²) in [5, 5.41) is 0.703. The summed E-state index contributed by atoms with van der Waals surface area (Å²) < 4.78 is 43.9. The molecule has 0 spiro atoms. The van der Waals surface area contributed by atoms with Crippen LogP contribution in [0.2, 0.25) is 0 Å². The Morgan fingerprint density at radius 3 is 2.59 bits per heavy atom. The topological polar surface area (TPSA) is 94.2 Å². The van der Waals surface area contributed by atoms with Crippen LogP contribution >= 0.6 is 0 Å². The van der Waals surface area contributed by atoms with Gasteiger partial charge in [-0.1, -0.05) is 13.8 Å². The Hall–Kier alpha value is -3.27. The summed E-state index contributed by atoms with van der Waals surface area (Å²) in [6.45, 7) is 5.12. The molecule has 0 bridgehead atoms. The van der Waals surface area contributed by atoms with Crippen LogP contribution in [0.3, 0.4) is 0 Å². The Balaban J connectivity index is 1.64. The van der Waals surface area contributed by atoms with Crippen LogP contribution in [0.1, 0.15) is 46.6 Å². The number of fused-ring (bicyclic) bond motifs is 3. The summed E-state index contributed by atoms with van der Waals surface area (Å²) >= 11 is 0. The molecule has 10 heteroatoms. The van der Waals surface area contributed by atoms with E-state index in [0.717, 1.165) is 23.4 Å². The van der Waals surface area contributed by atoms with Crippen LogP contribution in [0, 0.1) is 5.92 Å². The molecule has 1 amide bonds. The highest BCUT2D eigenvalue weighted by molar-refractivity contribution is 5.98. The minimum absolute atomic E-state index is 0.0778. The third-order valence-corrected chi connectivity index (χ3v) is 5.21. The number of nitrogens with zero attached hydrogens (tertiary/aromatic N) is 4. The molecule has 0 fully saturated rings. The van der Waals surface area contributed by atoms with Crippen LogP contribution in [-0.4, -0.2) is 32.3 Å². The molecule has 4 heterocycles. The van der Waals surface area contributed by atoms with Crippen molar-refractivity contribution in [3.8, 4) is 0 Å². The summed E-state index contributed by atoms with van der Waals surface area (Å²) in [5.41, 5.74) is 7.97. The van der Waals surface area contributed by atoms with Gasteiger partial charge in [-0.05, 0) is 29.7 Å². The standard InChI is InChI=1S/C22H22F3N5O2/c1-12(2)8-30(9-15-4-3-14(7-27-15)22(23,24)25)21(31)13-5-16-17-10-32-11-18(17)19(26)29-20(16)28-6-13/h3-7,12H,8-11H2,1-2H3,(H2,26,28,29). The molecule has 32 heavy (non-hydrogen) atoms. The zero-order valence-corrected chi connectivity index (χ0v) is 17.6. The highest BCUT2D eigenvalue weighted by Crippen LogP contribution is 2.31. The summed E-state index contributed by atoms with van der Waals surface area (Å²) in [6.07, 6.45) is -2.24. The van der Waals surface area contributed by atoms with Crippen molar-refractivity contribution in [1.82, 2.24) is 19.9 Å². The summed E-state index contributed by atoms with van der Waals surface area (Å²) in [5.74, 6) is 0.214. The number of pyridine rings is 3. The van der Waals surface area contributed by atoms with Crippen LogP contribution in [0.5, 0.6) is 0 Å². The molecule has 1 aliphatic heterocycles. The van der Waals surface area contributed by atoms with E-state index in [0.29, 0.717) is 47.9 Å². The van der Waals surface area contributed by atoms with Gasteiger partial charge in [0.1, 0.15) is 5.82 Å². The number of halogens is 3. The minimum atomic E-state index is -4.46. The smallest absolute Gasteiger partial charge is 0.383 e. The van der Waals surface area contributed by atoms with Crippen LogP contribution in [0.15, 0.2) is 30.6 Å². The second kappa shape index (κ2) is 8.34. The molecule has 2 N–H and O–H groups in total. The average molecular weight is 445 g/mol. The zero-order chi connectivity index (χ0) is 23.0. The molecule has 168 valence electrons. The van der Waals surface area contributed by atoms with E-state index in [2.05, 4.69) is 15.0 Å². The summed E-state index contributed by atoms with van der Waals surface area (Å²) in [6, 6.07) is 3.98. The molecular weight excluding hydrogens is 423 g/mol. The van der Waals surface area contributed by atoms with E-state index in [4.69, 9.17) is 10.5 Å². The van der Waals surface area contributed by atoms with Crippen LogP contribution in [0.25, 0.3) is 11.0 Å². The molecule has 0 saturated heterocycles. The van der Waals surface area contributed by atoms with Crippen molar-refractivity contribution in [3.05, 3.63) is 58.5 Å². The van der Waals surface area contributed by atoms with Crippen molar-refractivity contribution in [3.63, 3.8) is 0 Å². The molecule has 7 nitrogen and oxygen atoms in total. The average Bonchev–Trinajstić information content (AvgIpc) is 3.23. The Kier molecular flexibility index (Phi) is 5.72. The van der Waals surface area contributed by atoms with Crippen LogP contribution in [-0.2, 0) is 30.7 Å². The summed E-state index contributed by atoms with van der Waals surface area (Å²) in [4.78, 5) is 27.4. The first-order valence-electron chi connectivity index (χ1n) is 10.1. The fourth-order valence-corrected chi connectivity index (χ4v) is 3.69. The van der Waals surface area contributed by atoms with Gasteiger partial charge < -0.3 is 15.4 Å². The first kappa shape index (κ1) is 21.9. The van der Waals surface area contributed by atoms with Gasteiger partial charge in [-0.15, -0.1) is 0 Å². The van der Waals surface area contributed by atoms with Crippen LogP contribution in [0.4, 0.5) is 19.0 Å². The van der Waals surface area contributed by atoms with Crippen molar-refractivity contribution >= 4 is 22.8 Å². The Morgan fingerprint density at radius 2 is 1.94 bits per heavy atom. The molecular formula is C22H22F3N5O2. The van der Waals surface area contributed by atoms with E-state index in [-0.39, 0.29) is 18.4 Å². The first-order chi connectivity index (χ1) is 15.1. The second-order valence-corrected chi connectivity index (χ2v) is 8.16. The Morgan fingerprint density at radius 1 is 1.19 bits per heavy atom. The van der Waals surface area contributed by atoms with Gasteiger partial charge in [0.05, 0.1) is 36.6 Å². The van der Waals surface area contributed by atoms with E-state index < -0.39 is 11.7 Å². The quantitative estimate of drug-likeness (QED) is 0.639. The zero-order valence-electron chi connectivity index (χ0n) is 17.6. The Bertz CT molecular complexity index is 1160. The second-order valence-electron chi connectivity index (χ2n) is 8.16. The molecule has 0 aromatic carbocycles. The lowest BCUT2D eigenvalue weighted by molar-refractivity contribution is -0.137. The Labute approximate surface area is 182 Å². The molecule has 0 atom stereocenters. The lowest BCUT2D eigenvalue weighted by Gasteiger charge is -2.24. The number of ether oxygens (including phenoxy) is 1. The molecule has 3 aromatic heterocycles. The minimum Gasteiger partial charge on any atom is -0.383 e. The van der Waals surface area contributed by atoms with Gasteiger partial charge in [-0.25, -0.2) is 9.97 Å². The SMILES string of the molecule is CC(C)CN(Cc1ccc(C(F)(F)F)cn1)C(=O)c1cnc2nc(N)c3c(c2c1)COC3. The van der Waals surface area contributed by atoms with E-state index in [1.807, 2.05) is 13.8 Å². The fourth-order valence-electron chi connectivity index (χ4n) is 3.69. The predicted molar refractivity (Wildman–Crippen MR) is 111 cm³/mol. The van der Waals surface area contributed by atoms with Gasteiger partial charge in [-0.2, -0.15) is 13.2 Å². The number of aromatic nitrogens is 3. The third kappa shape index (κ3) is 4.36. The van der Waals surface area contributed by atoms with Crippen molar-refractivity contribution in [2.45, 2.75) is 39.8 Å². The van der Waals surface area contributed by atoms with Gasteiger partial charge in [0.2, 0.25) is 0 Å². The number of nitrogen functional groups attached to an aromatic ring is 1. The van der Waals surface area contributed by atoms with E-state index in [1.54, 1.807) is 11.0 Å². The molecule has 4 rings (SSSR count). The number of carbonyl (C=O) groups excluding carboxylic acids is 1. The molecule has 1 aliphatic rings. The maximum Gasteiger partial charge on any atom is 0.417 e. The maximum absolute atomic E-state index is 13.3. The van der Waals surface area contributed by atoms with Crippen molar-refractivity contribution in [2.24, 2.45) is 5.92 Å². The number of hydrogen-bond donors (Lipinski definition) is 1. The molecule has 3 aromatic rings. The third-order valence-electron chi connectivity index (χ3n) is 5.21. The molecule has 0 saturated carbocycles. The highest BCUT2D eigenvalue weighted by Gasteiger charge is 2.31. The van der Waals surface area contributed by atoms with E-state index >= 15 is 0 Å². The first-order valence-corrected chi connectivity index (χ1v) is 10.1. The van der Waals surface area contributed by atoms with Gasteiger partial charge in [-0.3, -0.25) is 9.78 Å². The lowest BCUT2D eigenvalue weighted by Crippen LogP contribution is -2.34. The van der Waals surface area contributed by atoms with E-state index in [9.17, 15) is 18.0 Å². The monoisotopic (exact) mass is 445 g/mol. The molecule has 0 radical (unpaired) electrons. The van der Waals surface area contributed by atoms with Gasteiger partial charge in [0, 0.05) is 29.9 Å². The summed E-state index contributed by atoms with van der Waals surface area (Å²) in [7, 11) is 0. The number of carbonyl (C=O) groups is 1. The lowest BCUT2D eigenvalue weighted by atomic mass is 10.1. The van der Waals surface area contributed by atoms with E-state index in [1.165, 1.54) is 12.3 Å². The van der Waals surface area contributed by atoms with Gasteiger partial charge in [0.25, 0.3) is 5.91 Å². The van der Waals surface area contributed by atoms with Gasteiger partial charge in [0.15, 0.2) is 5.65 Å².